The predicted molar refractivity (Wildman–Crippen MR) is 246 cm³/mol. The van der Waals surface area contributed by atoms with Crippen LogP contribution in [-0.4, -0.2) is 91.7 Å². The molecule has 0 saturated carbocycles. The van der Waals surface area contributed by atoms with Crippen LogP contribution in [0.5, 0.6) is 46.0 Å². The quantitative estimate of drug-likeness (QED) is 0.0512. The van der Waals surface area contributed by atoms with E-state index >= 15 is 0 Å². The molecule has 4 aliphatic rings. The third kappa shape index (κ3) is 8.79. The van der Waals surface area contributed by atoms with E-state index in [1.807, 2.05) is 42.7 Å². The average Bonchev–Trinajstić information content (AvgIpc) is 3.86. The highest BCUT2D eigenvalue weighted by molar-refractivity contribution is 8.76. The molecule has 1 N–H and O–H groups in total. The van der Waals surface area contributed by atoms with Gasteiger partial charge in [0.2, 0.25) is 24.2 Å². The maximum absolute atomic E-state index is 13.6. The van der Waals surface area contributed by atoms with Crippen LogP contribution in [0.15, 0.2) is 58.2 Å². The largest absolute Gasteiger partial charge is 0.493 e. The van der Waals surface area contributed by atoms with Gasteiger partial charge in [0.1, 0.15) is 11.9 Å². The number of carbonyl (C=O) groups excluding carboxylic acids is 3. The Balaban J connectivity index is 0.953. The highest BCUT2D eigenvalue weighted by Crippen LogP contribution is 2.57. The Morgan fingerprint density at radius 3 is 2.09 bits per heavy atom. The third-order valence-electron chi connectivity index (χ3n) is 12.2. The fourth-order valence-corrected chi connectivity index (χ4v) is 11.5. The molecule has 0 aromatic heterocycles. The van der Waals surface area contributed by atoms with E-state index in [1.54, 1.807) is 33.5 Å². The van der Waals surface area contributed by atoms with Gasteiger partial charge in [-0.05, 0) is 89.4 Å². The first-order valence-electron chi connectivity index (χ1n) is 20.7. The number of rotatable bonds is 16. The van der Waals surface area contributed by atoms with Crippen molar-refractivity contribution in [3.63, 3.8) is 0 Å². The first-order valence-corrected chi connectivity index (χ1v) is 24.5. The summed E-state index contributed by atoms with van der Waals surface area (Å²) in [6.07, 6.45) is 2.27. The molecule has 344 valence electrons. The molecule has 0 radical (unpaired) electrons. The summed E-state index contributed by atoms with van der Waals surface area (Å²) in [5.74, 6) is 1.23. The maximum atomic E-state index is 13.6. The molecule has 2 heterocycles. The number of fused-ring (bicyclic) bond motifs is 6. The predicted octanol–water partition coefficient (Wildman–Crippen LogP) is 7.31. The minimum Gasteiger partial charge on any atom is -0.493 e. The SMILES string of the molecule is COc1cc([C@@H]2c3cc4c(cc3[C@H](OC(=O)CSSCCC(=O)N[C@H]3CCc5cc(OC)c(OC)c(OC)c5-c5ccc(SC)c(=O)cc53)[C@H]3COC(=O)[C@H]23)OCO4)cc(OC)c1OC. The van der Waals surface area contributed by atoms with Crippen molar-refractivity contribution in [1.82, 2.24) is 5.32 Å². The summed E-state index contributed by atoms with van der Waals surface area (Å²) in [6.45, 7) is 0.0771. The number of benzene rings is 3. The zero-order valence-corrected chi connectivity index (χ0v) is 39.3. The molecule has 0 unspecified atom stereocenters. The van der Waals surface area contributed by atoms with Crippen molar-refractivity contribution in [2.75, 3.05) is 73.8 Å². The molecule has 5 atom stereocenters. The minimum atomic E-state index is -0.822. The highest BCUT2D eigenvalue weighted by atomic mass is 33.1. The molecule has 1 saturated heterocycles. The van der Waals surface area contributed by atoms with Crippen LogP contribution >= 0.6 is 33.3 Å². The van der Waals surface area contributed by atoms with Crippen LogP contribution in [0, 0.1) is 11.8 Å². The zero-order chi connectivity index (χ0) is 45.9. The molecule has 2 aliphatic carbocycles. The van der Waals surface area contributed by atoms with Crippen molar-refractivity contribution in [1.29, 1.82) is 0 Å². The van der Waals surface area contributed by atoms with Gasteiger partial charge < -0.3 is 52.7 Å². The van der Waals surface area contributed by atoms with Gasteiger partial charge in [-0.25, -0.2) is 0 Å². The monoisotopic (exact) mass is 947 g/mol. The molecule has 2 aliphatic heterocycles. The van der Waals surface area contributed by atoms with Gasteiger partial charge in [0.15, 0.2) is 39.9 Å². The van der Waals surface area contributed by atoms with Crippen LogP contribution in [0.4, 0.5) is 0 Å². The molecular weight excluding hydrogens is 899 g/mol. The Hall–Kier alpha value is -5.59. The van der Waals surface area contributed by atoms with E-state index in [1.165, 1.54) is 54.7 Å². The van der Waals surface area contributed by atoms with Crippen LogP contribution in [0.1, 0.15) is 58.7 Å². The van der Waals surface area contributed by atoms with Gasteiger partial charge >= 0.3 is 11.9 Å². The van der Waals surface area contributed by atoms with Crippen LogP contribution in [-0.2, 0) is 30.3 Å². The number of hydrogen-bond donors (Lipinski definition) is 1. The zero-order valence-electron chi connectivity index (χ0n) is 36.9. The number of carbonyl (C=O) groups is 3. The summed E-state index contributed by atoms with van der Waals surface area (Å²) in [7, 11) is 11.9. The summed E-state index contributed by atoms with van der Waals surface area (Å²) in [4.78, 5) is 54.8. The number of thioether (sulfide) groups is 1. The summed E-state index contributed by atoms with van der Waals surface area (Å²) < 4.78 is 57.6. The number of cyclic esters (lactones) is 1. The van der Waals surface area contributed by atoms with E-state index < -0.39 is 41.8 Å². The number of ether oxygens (including phenoxy) is 10. The lowest BCUT2D eigenvalue weighted by Gasteiger charge is -2.38. The van der Waals surface area contributed by atoms with Crippen molar-refractivity contribution in [3.8, 4) is 57.1 Å². The molecule has 1 amide bonds. The minimum absolute atomic E-state index is 0.0191. The van der Waals surface area contributed by atoms with Crippen molar-refractivity contribution >= 4 is 51.2 Å². The Morgan fingerprint density at radius 1 is 0.754 bits per heavy atom. The summed E-state index contributed by atoms with van der Waals surface area (Å²) in [5, 5.41) is 3.18. The first-order chi connectivity index (χ1) is 31.6. The highest BCUT2D eigenvalue weighted by Gasteiger charge is 2.54. The van der Waals surface area contributed by atoms with Gasteiger partial charge in [-0.2, -0.15) is 0 Å². The van der Waals surface area contributed by atoms with E-state index in [0.717, 1.165) is 27.8 Å². The van der Waals surface area contributed by atoms with Crippen molar-refractivity contribution in [2.45, 2.75) is 42.2 Å². The number of methoxy groups -OCH3 is 6. The molecule has 15 nitrogen and oxygen atoms in total. The van der Waals surface area contributed by atoms with Crippen LogP contribution in [0.2, 0.25) is 0 Å². The fourth-order valence-electron chi connectivity index (χ4n) is 9.29. The molecule has 18 heteroatoms. The summed E-state index contributed by atoms with van der Waals surface area (Å²) >= 11 is 1.35. The molecule has 0 spiro atoms. The Labute approximate surface area is 388 Å². The first kappa shape index (κ1) is 46.0. The number of esters is 2. The van der Waals surface area contributed by atoms with Gasteiger partial charge in [-0.3, -0.25) is 19.2 Å². The van der Waals surface area contributed by atoms with E-state index in [-0.39, 0.29) is 36.9 Å². The van der Waals surface area contributed by atoms with Gasteiger partial charge in [-0.15, -0.1) is 11.8 Å². The molecule has 0 bridgehead atoms. The molecule has 4 aromatic carbocycles. The number of nitrogens with one attached hydrogen (secondary N) is 1. The number of amides is 1. The fraction of sp³-hybridized carbons (Fsp3) is 0.404. The lowest BCUT2D eigenvalue weighted by atomic mass is 9.66. The Kier molecular flexibility index (Phi) is 14.1. The smallest absolute Gasteiger partial charge is 0.317 e. The third-order valence-corrected chi connectivity index (χ3v) is 15.2. The van der Waals surface area contributed by atoms with E-state index in [4.69, 9.17) is 47.4 Å². The normalized spacial score (nSPS) is 19.9. The van der Waals surface area contributed by atoms with Crippen LogP contribution in [0.25, 0.3) is 11.1 Å². The molecule has 1 fully saturated rings. The van der Waals surface area contributed by atoms with Gasteiger partial charge in [0.25, 0.3) is 0 Å². The van der Waals surface area contributed by atoms with Crippen LogP contribution < -0.4 is 48.6 Å². The Morgan fingerprint density at radius 2 is 1.43 bits per heavy atom. The lowest BCUT2D eigenvalue weighted by Crippen LogP contribution is -2.36. The van der Waals surface area contributed by atoms with Gasteiger partial charge in [0, 0.05) is 35.1 Å². The molecule has 65 heavy (non-hydrogen) atoms. The number of hydrogen-bond acceptors (Lipinski definition) is 17. The average molecular weight is 948 g/mol. The van der Waals surface area contributed by atoms with Crippen molar-refractivity contribution in [3.05, 3.63) is 86.6 Å². The second-order valence-corrected chi connectivity index (χ2v) is 18.9. The van der Waals surface area contributed by atoms with Crippen LogP contribution in [0.3, 0.4) is 0 Å². The van der Waals surface area contributed by atoms with Crippen molar-refractivity contribution < 1.29 is 61.8 Å². The van der Waals surface area contributed by atoms with Gasteiger partial charge in [-0.1, -0.05) is 27.7 Å². The maximum Gasteiger partial charge on any atom is 0.317 e. The second-order valence-electron chi connectivity index (χ2n) is 15.5. The van der Waals surface area contributed by atoms with E-state index in [2.05, 4.69) is 5.32 Å². The standard InChI is InChI=1S/C47H49NO14S3/c1-53-34-15-24(16-35(54-2)44(34)56-4)40-27-18-32-33(61-22-60-32)19-28(27)43(29-20-59-47(52)42(29)40)62-39(51)21-65-64-13-12-38(50)48-30-10-8-23-14-36(55-3)45(57-5)46(58-6)41(23)25-9-11-37(63-7)31(49)17-26(25)30/h9,11,14-19,29-30,40,42-43H,8,10,12-13,20-22H2,1-7H3,(H,48,50)/t29-,30-,40+,42-,43-/m0/s1. The summed E-state index contributed by atoms with van der Waals surface area (Å²) in [6, 6.07) is 14.0. The van der Waals surface area contributed by atoms with Gasteiger partial charge in [0.05, 0.1) is 66.1 Å². The second kappa shape index (κ2) is 19.9. The van der Waals surface area contributed by atoms with E-state index in [0.29, 0.717) is 80.6 Å². The summed E-state index contributed by atoms with van der Waals surface area (Å²) in [5.41, 5.74) is 5.12. The lowest BCUT2D eigenvalue weighted by molar-refractivity contribution is -0.151. The topological polar surface area (TPSA) is 173 Å². The molecule has 8 rings (SSSR count). The number of aryl methyl sites for hydroxylation is 1. The van der Waals surface area contributed by atoms with E-state index in [9.17, 15) is 19.2 Å². The van der Waals surface area contributed by atoms with Crippen molar-refractivity contribution in [2.24, 2.45) is 11.8 Å². The molecule has 4 aromatic rings. The molecular formula is C47H49NO14S3. The Bertz CT molecular complexity index is 2550.